The molecule has 0 spiro atoms. The van der Waals surface area contributed by atoms with Crippen molar-refractivity contribution in [3.8, 4) is 5.75 Å². The summed E-state index contributed by atoms with van der Waals surface area (Å²) < 4.78 is 34.3. The standard InChI is InChI=1S/C29H35F2N3O/c1-6-19(2)29(32)33-34-16-14-24(18-21(34)4)26-8-7-9-27(28(26)31)35-17-15-20(3)22(5)23-10-12-25(30)13-11-23/h7-14,16,18-20,22H,4,6,15,17H2,1-3,5H3,(H2,32,33). The van der Waals surface area contributed by atoms with Crippen LogP contribution in [0.25, 0.3) is 5.57 Å². The first-order valence-corrected chi connectivity index (χ1v) is 12.1. The van der Waals surface area contributed by atoms with Crippen molar-refractivity contribution in [1.82, 2.24) is 5.01 Å². The quantitative estimate of drug-likeness (QED) is 0.289. The lowest BCUT2D eigenvalue weighted by atomic mass is 9.87. The van der Waals surface area contributed by atoms with Crippen molar-refractivity contribution in [3.63, 3.8) is 0 Å². The zero-order valence-corrected chi connectivity index (χ0v) is 21.0. The molecule has 35 heavy (non-hydrogen) atoms. The number of allylic oxidation sites excluding steroid dienone is 3. The summed E-state index contributed by atoms with van der Waals surface area (Å²) in [4.78, 5) is 0. The average Bonchev–Trinajstić information content (AvgIpc) is 2.85. The number of nitrogens with zero attached hydrogens (tertiary/aromatic N) is 2. The fourth-order valence-corrected chi connectivity index (χ4v) is 3.78. The monoisotopic (exact) mass is 479 g/mol. The largest absolute Gasteiger partial charge is 0.490 e. The molecular formula is C29H35F2N3O. The van der Waals surface area contributed by atoms with Crippen LogP contribution in [0.1, 0.15) is 57.6 Å². The second kappa shape index (κ2) is 11.8. The van der Waals surface area contributed by atoms with Crippen LogP contribution in [0.15, 0.2) is 78.2 Å². The van der Waals surface area contributed by atoms with E-state index in [1.54, 1.807) is 41.6 Å². The first-order valence-electron chi connectivity index (χ1n) is 12.1. The topological polar surface area (TPSA) is 50.8 Å². The molecule has 0 amide bonds. The minimum absolute atomic E-state index is 0.161. The van der Waals surface area contributed by atoms with Gasteiger partial charge < -0.3 is 10.5 Å². The van der Waals surface area contributed by atoms with Gasteiger partial charge in [-0.2, -0.15) is 5.10 Å². The molecule has 3 rings (SSSR count). The minimum atomic E-state index is -0.411. The molecule has 1 aliphatic heterocycles. The molecule has 3 atom stereocenters. The van der Waals surface area contributed by atoms with Crippen LogP contribution in [0.3, 0.4) is 0 Å². The van der Waals surface area contributed by atoms with Gasteiger partial charge in [0.1, 0.15) is 11.7 Å². The summed E-state index contributed by atoms with van der Waals surface area (Å²) in [5.41, 5.74) is 8.85. The van der Waals surface area contributed by atoms with E-state index in [4.69, 9.17) is 10.5 Å². The van der Waals surface area contributed by atoms with Crippen molar-refractivity contribution < 1.29 is 13.5 Å². The maximum absolute atomic E-state index is 15.3. The van der Waals surface area contributed by atoms with E-state index in [0.717, 1.165) is 18.4 Å². The van der Waals surface area contributed by atoms with E-state index in [9.17, 15) is 4.39 Å². The Kier molecular flexibility index (Phi) is 8.85. The third-order valence-electron chi connectivity index (χ3n) is 6.71. The molecule has 2 N–H and O–H groups in total. The number of hydrogen-bond acceptors (Lipinski definition) is 3. The summed E-state index contributed by atoms with van der Waals surface area (Å²) >= 11 is 0. The molecule has 4 nitrogen and oxygen atoms in total. The van der Waals surface area contributed by atoms with E-state index in [-0.39, 0.29) is 29.3 Å². The lowest BCUT2D eigenvalue weighted by molar-refractivity contribution is 0.262. The molecule has 0 radical (unpaired) electrons. The van der Waals surface area contributed by atoms with Crippen LogP contribution in [-0.4, -0.2) is 17.5 Å². The highest BCUT2D eigenvalue weighted by atomic mass is 19.1. The van der Waals surface area contributed by atoms with Crippen molar-refractivity contribution in [2.45, 2.75) is 46.5 Å². The molecule has 0 fully saturated rings. The fourth-order valence-electron chi connectivity index (χ4n) is 3.78. The van der Waals surface area contributed by atoms with Gasteiger partial charge >= 0.3 is 0 Å². The zero-order valence-electron chi connectivity index (χ0n) is 21.0. The average molecular weight is 480 g/mol. The summed E-state index contributed by atoms with van der Waals surface area (Å²) in [7, 11) is 0. The Morgan fingerprint density at radius 2 is 1.83 bits per heavy atom. The molecule has 0 saturated heterocycles. The van der Waals surface area contributed by atoms with Gasteiger partial charge in [-0.1, -0.05) is 58.5 Å². The van der Waals surface area contributed by atoms with E-state index in [1.165, 1.54) is 12.1 Å². The SMILES string of the molecule is C=C1C=C(c2cccc(OCCC(C)C(C)c3ccc(F)cc3)c2F)C=CN1/N=C(/N)C(C)CC. The van der Waals surface area contributed by atoms with Crippen LogP contribution >= 0.6 is 0 Å². The molecule has 6 heteroatoms. The van der Waals surface area contributed by atoms with Crippen molar-refractivity contribution in [3.05, 3.63) is 95.9 Å². The predicted molar refractivity (Wildman–Crippen MR) is 140 cm³/mol. The van der Waals surface area contributed by atoms with Gasteiger partial charge in [0, 0.05) is 17.7 Å². The van der Waals surface area contributed by atoms with Gasteiger partial charge in [0.2, 0.25) is 0 Å². The second-order valence-electron chi connectivity index (χ2n) is 9.16. The van der Waals surface area contributed by atoms with Crippen molar-refractivity contribution >= 4 is 11.4 Å². The molecule has 186 valence electrons. The summed E-state index contributed by atoms with van der Waals surface area (Å²) in [6.45, 7) is 12.7. The number of nitrogens with two attached hydrogens (primary N) is 1. The first kappa shape index (κ1) is 26.2. The molecule has 2 aromatic rings. The van der Waals surface area contributed by atoms with E-state index in [0.29, 0.717) is 29.3 Å². The van der Waals surface area contributed by atoms with Gasteiger partial charge in [-0.05, 0) is 66.2 Å². The molecule has 0 saturated carbocycles. The van der Waals surface area contributed by atoms with E-state index in [2.05, 4.69) is 32.5 Å². The highest BCUT2D eigenvalue weighted by Crippen LogP contribution is 2.31. The lowest BCUT2D eigenvalue weighted by Gasteiger charge is -2.22. The maximum atomic E-state index is 15.3. The van der Waals surface area contributed by atoms with Crippen LogP contribution in [0, 0.1) is 23.5 Å². The maximum Gasteiger partial charge on any atom is 0.172 e. The fraction of sp³-hybridized carbons (Fsp3) is 0.345. The highest BCUT2D eigenvalue weighted by molar-refractivity contribution is 5.83. The number of amidine groups is 1. The number of rotatable bonds is 10. The molecule has 2 aromatic carbocycles. The summed E-state index contributed by atoms with van der Waals surface area (Å²) in [6.07, 6.45) is 6.94. The molecular weight excluding hydrogens is 444 g/mol. The first-order chi connectivity index (χ1) is 16.7. The van der Waals surface area contributed by atoms with Crippen LogP contribution in [0.2, 0.25) is 0 Å². The van der Waals surface area contributed by atoms with Gasteiger partial charge in [0.05, 0.1) is 12.3 Å². The summed E-state index contributed by atoms with van der Waals surface area (Å²) in [5, 5.41) is 6.02. The van der Waals surface area contributed by atoms with Gasteiger partial charge in [-0.25, -0.2) is 13.8 Å². The summed E-state index contributed by atoms with van der Waals surface area (Å²) in [5.74, 6) is 0.771. The number of benzene rings is 2. The Morgan fingerprint density at radius 1 is 1.11 bits per heavy atom. The van der Waals surface area contributed by atoms with Gasteiger partial charge in [0.15, 0.2) is 11.6 Å². The Balaban J connectivity index is 1.64. The lowest BCUT2D eigenvalue weighted by Crippen LogP contribution is -2.25. The van der Waals surface area contributed by atoms with Crippen molar-refractivity contribution in [1.29, 1.82) is 0 Å². The van der Waals surface area contributed by atoms with Crippen LogP contribution in [0.4, 0.5) is 8.78 Å². The highest BCUT2D eigenvalue weighted by Gasteiger charge is 2.18. The van der Waals surface area contributed by atoms with Crippen LogP contribution < -0.4 is 10.5 Å². The second-order valence-corrected chi connectivity index (χ2v) is 9.16. The molecule has 0 aliphatic carbocycles. The summed E-state index contributed by atoms with van der Waals surface area (Å²) in [6, 6.07) is 11.7. The zero-order chi connectivity index (χ0) is 25.5. The van der Waals surface area contributed by atoms with Crippen LogP contribution in [-0.2, 0) is 0 Å². The van der Waals surface area contributed by atoms with E-state index in [1.807, 2.05) is 19.1 Å². The van der Waals surface area contributed by atoms with Gasteiger partial charge in [-0.15, -0.1) is 0 Å². The van der Waals surface area contributed by atoms with Crippen LogP contribution in [0.5, 0.6) is 5.75 Å². The van der Waals surface area contributed by atoms with Crippen molar-refractivity contribution in [2.24, 2.45) is 22.7 Å². The molecule has 1 aliphatic rings. The van der Waals surface area contributed by atoms with Gasteiger partial charge in [0.25, 0.3) is 0 Å². The predicted octanol–water partition coefficient (Wildman–Crippen LogP) is 7.22. The molecule has 3 unspecified atom stereocenters. The minimum Gasteiger partial charge on any atom is -0.490 e. The number of ether oxygens (including phenoxy) is 1. The van der Waals surface area contributed by atoms with Gasteiger partial charge in [-0.3, -0.25) is 0 Å². The van der Waals surface area contributed by atoms with E-state index < -0.39 is 5.82 Å². The Morgan fingerprint density at radius 3 is 2.49 bits per heavy atom. The number of hydrogen-bond donors (Lipinski definition) is 1. The molecule has 1 heterocycles. The molecule has 0 bridgehead atoms. The normalized spacial score (nSPS) is 16.6. The third-order valence-corrected chi connectivity index (χ3v) is 6.71. The van der Waals surface area contributed by atoms with Crippen molar-refractivity contribution in [2.75, 3.05) is 6.61 Å². The molecule has 0 aromatic heterocycles. The Bertz CT molecular complexity index is 1120. The number of halogens is 2. The Hall–Kier alpha value is -3.41. The Labute approximate surface area is 207 Å². The number of hydrazone groups is 1. The third kappa shape index (κ3) is 6.59. The van der Waals surface area contributed by atoms with E-state index >= 15 is 4.39 Å². The smallest absolute Gasteiger partial charge is 0.172 e.